The number of carbonyl (C=O) groups is 3. The second-order valence-electron chi connectivity index (χ2n) is 22.1. The number of ether oxygens (including phenoxy) is 6. The maximum atomic E-state index is 14.1. The lowest BCUT2D eigenvalue weighted by molar-refractivity contribution is -0.328. The minimum absolute atomic E-state index is 0.105. The molecule has 3 heterocycles. The zero-order valence-electron chi connectivity index (χ0n) is 43.6. The molecule has 9 atom stereocenters. The van der Waals surface area contributed by atoms with Crippen LogP contribution < -0.4 is 0 Å². The number of methoxy groups -OCH3 is 1. The third-order valence-electron chi connectivity index (χ3n) is 14.2. The van der Waals surface area contributed by atoms with E-state index in [1.165, 1.54) is 6.08 Å². The number of allylic oxidation sites excluding steroid dienone is 7. The van der Waals surface area contributed by atoms with Gasteiger partial charge in [0.05, 0.1) is 43.0 Å². The van der Waals surface area contributed by atoms with Gasteiger partial charge in [0.15, 0.2) is 39.6 Å². The van der Waals surface area contributed by atoms with Crippen molar-refractivity contribution in [3.05, 3.63) is 48.6 Å². The van der Waals surface area contributed by atoms with E-state index in [-0.39, 0.29) is 60.2 Å². The first-order valence-corrected chi connectivity index (χ1v) is 30.4. The summed E-state index contributed by atoms with van der Waals surface area (Å²) in [6.45, 7) is 31.3. The van der Waals surface area contributed by atoms with Crippen LogP contribution in [0.1, 0.15) is 147 Å². The van der Waals surface area contributed by atoms with Crippen LogP contribution in [0.3, 0.4) is 0 Å². The molecule has 3 aliphatic heterocycles. The summed E-state index contributed by atoms with van der Waals surface area (Å²) in [6, 6.07) is 2.52. The molecule has 0 amide bonds. The van der Waals surface area contributed by atoms with Gasteiger partial charge in [-0.05, 0) is 95.2 Å². The van der Waals surface area contributed by atoms with E-state index in [4.69, 9.17) is 37.3 Å². The molecule has 0 aromatic carbocycles. The van der Waals surface area contributed by atoms with Gasteiger partial charge in [-0.2, -0.15) is 5.26 Å². The molecule has 374 valence electrons. The fraction of sp³-hybridized carbons (Fsp3) is 0.769. The number of carbonyl (C=O) groups excluding carboxylic acids is 3. The van der Waals surface area contributed by atoms with Crippen molar-refractivity contribution in [3.63, 3.8) is 0 Å². The van der Waals surface area contributed by atoms with Crippen LogP contribution in [0.2, 0.25) is 36.3 Å². The van der Waals surface area contributed by atoms with Gasteiger partial charge >= 0.3 is 11.9 Å². The molecule has 4 bridgehead atoms. The Morgan fingerprint density at radius 1 is 0.864 bits per heavy atom. The van der Waals surface area contributed by atoms with Gasteiger partial charge in [-0.1, -0.05) is 104 Å². The Labute approximate surface area is 400 Å². The zero-order chi connectivity index (χ0) is 49.8. The number of nitriles is 1. The molecule has 0 aromatic rings. The molecule has 0 N–H and O–H groups in total. The standard InChI is InChI=1S/C52H87NO11Si2/c1-17-28-39-30-26-24-22-20-21-23-25-29-38(54)33-42-45(47(56)58-19-3)44(63-66(15,16)49(7,8)9)36-52(57-12,61-42)34-40(62-65(13,14)48(4,5)6)31-27-32-51(37-53)35-43(60-50(10,11)64-51)41(18-2)46(55)59-39/h20-26,29,39-45H,17-19,27-28,30-36H2,1-16H3/b22-20-,23-21-,26-24-,29-25-/t39-,40+,41+,42+,43-,44+,45+,51-,52-/m1/s1. The fourth-order valence-electron chi connectivity index (χ4n) is 8.70. The van der Waals surface area contributed by atoms with Crippen LogP contribution in [-0.2, 0) is 51.7 Å². The smallest absolute Gasteiger partial charge is 0.314 e. The lowest BCUT2D eigenvalue weighted by atomic mass is 9.82. The summed E-state index contributed by atoms with van der Waals surface area (Å²) < 4.78 is 52.8. The number of fused-ring (bicyclic) bond motifs is 4. The van der Waals surface area contributed by atoms with E-state index in [2.05, 4.69) is 80.7 Å². The van der Waals surface area contributed by atoms with Gasteiger partial charge in [-0.25, -0.2) is 0 Å². The first kappa shape index (κ1) is 57.6. The number of hydrogen-bond donors (Lipinski definition) is 0. The highest BCUT2D eigenvalue weighted by atomic mass is 28.4. The highest BCUT2D eigenvalue weighted by Gasteiger charge is 2.56. The highest BCUT2D eigenvalue weighted by Crippen LogP contribution is 2.47. The van der Waals surface area contributed by atoms with Gasteiger partial charge in [0, 0.05) is 39.2 Å². The number of cyclic esters (lactones) is 1. The molecule has 2 saturated heterocycles. The summed E-state index contributed by atoms with van der Waals surface area (Å²) >= 11 is 0. The summed E-state index contributed by atoms with van der Waals surface area (Å²) in [7, 11) is -3.38. The quantitative estimate of drug-likeness (QED) is 0.151. The van der Waals surface area contributed by atoms with Gasteiger partial charge < -0.3 is 37.3 Å². The van der Waals surface area contributed by atoms with Gasteiger partial charge in [-0.3, -0.25) is 14.4 Å². The fourth-order valence-corrected chi connectivity index (χ4v) is 11.4. The Morgan fingerprint density at radius 2 is 1.48 bits per heavy atom. The molecular weight excluding hydrogens is 871 g/mol. The molecule has 0 unspecified atom stereocenters. The van der Waals surface area contributed by atoms with E-state index in [9.17, 15) is 19.6 Å². The maximum Gasteiger partial charge on any atom is 0.314 e. The summed E-state index contributed by atoms with van der Waals surface area (Å²) in [5.74, 6) is -4.99. The number of rotatable bonds is 10. The van der Waals surface area contributed by atoms with Gasteiger partial charge in [0.25, 0.3) is 0 Å². The van der Waals surface area contributed by atoms with E-state index in [0.29, 0.717) is 38.5 Å². The Kier molecular flexibility index (Phi) is 21.1. The lowest BCUT2D eigenvalue weighted by Crippen LogP contribution is -2.60. The molecule has 0 aliphatic carbocycles. The number of nitrogens with zero attached hydrogens (tertiary/aromatic N) is 1. The van der Waals surface area contributed by atoms with Crippen molar-refractivity contribution in [1.29, 1.82) is 5.26 Å². The Balaban J connectivity index is 2.22. The summed E-state index contributed by atoms with van der Waals surface area (Å²) in [4.78, 5) is 41.9. The van der Waals surface area contributed by atoms with E-state index >= 15 is 0 Å². The van der Waals surface area contributed by atoms with Crippen molar-refractivity contribution in [2.75, 3.05) is 13.7 Å². The van der Waals surface area contributed by atoms with Crippen LogP contribution >= 0.6 is 0 Å². The monoisotopic (exact) mass is 958 g/mol. The van der Waals surface area contributed by atoms with Gasteiger partial charge in [-0.15, -0.1) is 0 Å². The van der Waals surface area contributed by atoms with Crippen LogP contribution in [0.4, 0.5) is 0 Å². The molecule has 3 rings (SSSR count). The van der Waals surface area contributed by atoms with Crippen molar-refractivity contribution in [3.8, 4) is 6.07 Å². The Bertz CT molecular complexity index is 1770. The minimum Gasteiger partial charge on any atom is -0.466 e. The molecule has 0 aromatic heterocycles. The Morgan fingerprint density at radius 3 is 2.06 bits per heavy atom. The normalized spacial score (nSPS) is 33.4. The third-order valence-corrected chi connectivity index (χ3v) is 23.3. The molecule has 2 fully saturated rings. The molecule has 0 radical (unpaired) electrons. The van der Waals surface area contributed by atoms with Crippen molar-refractivity contribution in [2.24, 2.45) is 11.8 Å². The van der Waals surface area contributed by atoms with Crippen LogP contribution in [0.15, 0.2) is 48.6 Å². The predicted octanol–water partition coefficient (Wildman–Crippen LogP) is 11.8. The average molecular weight is 958 g/mol. The van der Waals surface area contributed by atoms with Crippen LogP contribution in [-0.4, -0.2) is 95.8 Å². The number of hydrogen-bond acceptors (Lipinski definition) is 12. The van der Waals surface area contributed by atoms with Gasteiger partial charge in [0.1, 0.15) is 12.0 Å². The van der Waals surface area contributed by atoms with Crippen LogP contribution in [0.25, 0.3) is 0 Å². The van der Waals surface area contributed by atoms with E-state index < -0.39 is 76.0 Å². The van der Waals surface area contributed by atoms with Crippen molar-refractivity contribution in [2.45, 2.75) is 231 Å². The first-order chi connectivity index (χ1) is 30.6. The molecule has 14 heteroatoms. The third kappa shape index (κ3) is 16.2. The zero-order valence-corrected chi connectivity index (χ0v) is 45.6. The second-order valence-corrected chi connectivity index (χ2v) is 31.6. The number of esters is 2. The molecule has 3 aliphatic rings. The SMILES string of the molecule is CCC[C@@H]1C\C=C/C=C\C=C/C=C\C(=O)C[C@@H]2O[C@](OC)(C[C@@H](O[Si](C)(C)C(C)(C)C)CCC[C@]3(C#N)C[C@@H](OC(C)(C)O3)[C@H](CC)C(=O)O1)C[C@H](O[Si](C)(C)C(C)(C)C)[C@H]2C(=O)OCC. The summed E-state index contributed by atoms with van der Waals surface area (Å²) in [5.41, 5.74) is -1.26. The van der Waals surface area contributed by atoms with E-state index in [1.54, 1.807) is 40.0 Å². The van der Waals surface area contributed by atoms with Crippen LogP contribution in [0.5, 0.6) is 0 Å². The van der Waals surface area contributed by atoms with Crippen LogP contribution in [0, 0.1) is 23.2 Å². The first-order valence-electron chi connectivity index (χ1n) is 24.6. The predicted molar refractivity (Wildman–Crippen MR) is 264 cm³/mol. The summed E-state index contributed by atoms with van der Waals surface area (Å²) in [5, 5.41) is 10.6. The minimum atomic E-state index is -2.53. The Hall–Kier alpha value is -2.75. The molecular formula is C52H87NO11Si2. The number of ketones is 1. The summed E-state index contributed by atoms with van der Waals surface area (Å²) in [6.07, 6.45) is 16.0. The van der Waals surface area contributed by atoms with Gasteiger partial charge in [0.2, 0.25) is 0 Å². The average Bonchev–Trinajstić information content (AvgIpc) is 3.18. The van der Waals surface area contributed by atoms with Crippen molar-refractivity contribution >= 4 is 34.4 Å². The highest BCUT2D eigenvalue weighted by molar-refractivity contribution is 6.74. The van der Waals surface area contributed by atoms with E-state index in [1.807, 2.05) is 37.3 Å². The largest absolute Gasteiger partial charge is 0.466 e. The van der Waals surface area contributed by atoms with Crippen molar-refractivity contribution in [1.82, 2.24) is 0 Å². The molecule has 12 nitrogen and oxygen atoms in total. The molecule has 0 spiro atoms. The lowest BCUT2D eigenvalue weighted by Gasteiger charge is -2.51. The second kappa shape index (κ2) is 24.2. The van der Waals surface area contributed by atoms with Crippen molar-refractivity contribution < 1.29 is 51.7 Å². The maximum absolute atomic E-state index is 14.1. The molecule has 66 heavy (non-hydrogen) atoms. The topological polar surface area (TPSA) is 149 Å². The molecule has 0 saturated carbocycles. The van der Waals surface area contributed by atoms with E-state index in [0.717, 1.165) is 6.42 Å².